The highest BCUT2D eigenvalue weighted by atomic mass is 35.5. The first-order chi connectivity index (χ1) is 9.10. The molecule has 0 bridgehead atoms. The molecular weight excluding hydrogens is 284 g/mol. The van der Waals surface area contributed by atoms with Crippen LogP contribution in [0, 0.1) is 0 Å². The SMILES string of the molecule is COc1ccc(Nc2nccc(C(N)=S)n2)cc1Cl. The van der Waals surface area contributed by atoms with Gasteiger partial charge in [0.25, 0.3) is 0 Å². The minimum atomic E-state index is 0.221. The molecule has 0 fully saturated rings. The molecule has 2 aromatic rings. The minimum Gasteiger partial charge on any atom is -0.495 e. The number of ether oxygens (including phenoxy) is 1. The van der Waals surface area contributed by atoms with Crippen LogP contribution < -0.4 is 15.8 Å². The van der Waals surface area contributed by atoms with Gasteiger partial charge in [0.2, 0.25) is 5.95 Å². The molecule has 0 radical (unpaired) electrons. The molecule has 0 aliphatic carbocycles. The summed E-state index contributed by atoms with van der Waals surface area (Å²) < 4.78 is 5.08. The minimum absolute atomic E-state index is 0.221. The van der Waals surface area contributed by atoms with Gasteiger partial charge < -0.3 is 15.8 Å². The van der Waals surface area contributed by atoms with E-state index < -0.39 is 0 Å². The fourth-order valence-electron chi connectivity index (χ4n) is 1.43. The summed E-state index contributed by atoms with van der Waals surface area (Å²) >= 11 is 10.9. The highest BCUT2D eigenvalue weighted by Gasteiger charge is 2.05. The topological polar surface area (TPSA) is 73.1 Å². The third kappa shape index (κ3) is 3.30. The average Bonchev–Trinajstić information content (AvgIpc) is 2.39. The van der Waals surface area contributed by atoms with E-state index in [1.54, 1.807) is 31.5 Å². The first-order valence-electron chi connectivity index (χ1n) is 5.33. The second kappa shape index (κ2) is 5.81. The summed E-state index contributed by atoms with van der Waals surface area (Å²) in [5.74, 6) is 0.997. The number of nitrogens with one attached hydrogen (secondary N) is 1. The van der Waals surface area contributed by atoms with Crippen molar-refractivity contribution < 1.29 is 4.74 Å². The van der Waals surface area contributed by atoms with Crippen LogP contribution in [0.3, 0.4) is 0 Å². The predicted molar refractivity (Wildman–Crippen MR) is 79.2 cm³/mol. The van der Waals surface area contributed by atoms with Gasteiger partial charge in [-0.1, -0.05) is 23.8 Å². The molecule has 0 spiro atoms. The Bertz CT molecular complexity index is 620. The van der Waals surface area contributed by atoms with Crippen LogP contribution in [-0.2, 0) is 0 Å². The van der Waals surface area contributed by atoms with E-state index in [1.165, 1.54) is 0 Å². The predicted octanol–water partition coefficient (Wildman–Crippen LogP) is 2.52. The lowest BCUT2D eigenvalue weighted by molar-refractivity contribution is 0.415. The maximum Gasteiger partial charge on any atom is 0.227 e. The van der Waals surface area contributed by atoms with Gasteiger partial charge >= 0.3 is 0 Å². The van der Waals surface area contributed by atoms with E-state index in [0.717, 1.165) is 5.69 Å². The van der Waals surface area contributed by atoms with Gasteiger partial charge in [-0.15, -0.1) is 0 Å². The zero-order valence-corrected chi connectivity index (χ0v) is 11.6. The first kappa shape index (κ1) is 13.5. The van der Waals surface area contributed by atoms with Crippen LogP contribution >= 0.6 is 23.8 Å². The van der Waals surface area contributed by atoms with Crippen LogP contribution in [0.5, 0.6) is 5.75 Å². The van der Waals surface area contributed by atoms with E-state index in [9.17, 15) is 0 Å². The van der Waals surface area contributed by atoms with E-state index in [2.05, 4.69) is 15.3 Å². The zero-order valence-electron chi connectivity index (χ0n) is 10.1. The van der Waals surface area contributed by atoms with Crippen LogP contribution in [0.15, 0.2) is 30.5 Å². The molecule has 19 heavy (non-hydrogen) atoms. The standard InChI is InChI=1S/C12H11ClN4OS/c1-18-10-3-2-7(6-8(10)13)16-12-15-5-4-9(17-12)11(14)19/h2-6H,1H3,(H2,14,19)(H,15,16,17). The summed E-state index contributed by atoms with van der Waals surface area (Å²) in [6.45, 7) is 0. The number of aromatic nitrogens is 2. The summed E-state index contributed by atoms with van der Waals surface area (Å²) in [5.41, 5.74) is 6.76. The molecule has 0 aliphatic heterocycles. The summed E-state index contributed by atoms with van der Waals surface area (Å²) in [4.78, 5) is 8.48. The van der Waals surface area contributed by atoms with Gasteiger partial charge in [0.15, 0.2) is 0 Å². The number of hydrogen-bond donors (Lipinski definition) is 2. The number of thiocarbonyl (C=S) groups is 1. The number of nitrogens with two attached hydrogens (primary N) is 1. The Balaban J connectivity index is 2.23. The van der Waals surface area contributed by atoms with E-state index in [1.807, 2.05) is 6.07 Å². The molecule has 98 valence electrons. The number of hydrogen-bond acceptors (Lipinski definition) is 5. The Morgan fingerprint density at radius 3 is 2.84 bits per heavy atom. The van der Waals surface area contributed by atoms with Crippen molar-refractivity contribution in [3.8, 4) is 5.75 Å². The molecule has 0 saturated heterocycles. The van der Waals surface area contributed by atoms with Gasteiger partial charge in [-0.2, -0.15) is 0 Å². The lowest BCUT2D eigenvalue weighted by Crippen LogP contribution is -2.12. The third-order valence-corrected chi connectivity index (χ3v) is 2.82. The third-order valence-electron chi connectivity index (χ3n) is 2.32. The van der Waals surface area contributed by atoms with Crippen molar-refractivity contribution in [2.24, 2.45) is 5.73 Å². The zero-order chi connectivity index (χ0) is 13.8. The molecule has 1 aromatic carbocycles. The molecule has 3 N–H and O–H groups in total. The quantitative estimate of drug-likeness (QED) is 0.844. The van der Waals surface area contributed by atoms with Crippen molar-refractivity contribution in [3.05, 3.63) is 41.2 Å². The Hall–Kier alpha value is -1.92. The van der Waals surface area contributed by atoms with Gasteiger partial charge in [0.1, 0.15) is 16.4 Å². The fourth-order valence-corrected chi connectivity index (χ4v) is 1.80. The van der Waals surface area contributed by atoms with Crippen LogP contribution in [0.4, 0.5) is 11.6 Å². The Kier molecular flexibility index (Phi) is 4.13. The monoisotopic (exact) mass is 294 g/mol. The lowest BCUT2D eigenvalue weighted by Gasteiger charge is -2.08. The molecule has 1 aromatic heterocycles. The molecule has 0 saturated carbocycles. The van der Waals surface area contributed by atoms with Crippen molar-refractivity contribution in [2.75, 3.05) is 12.4 Å². The molecule has 0 unspecified atom stereocenters. The van der Waals surface area contributed by atoms with Gasteiger partial charge in [0, 0.05) is 11.9 Å². The summed E-state index contributed by atoms with van der Waals surface area (Å²) in [6.07, 6.45) is 1.58. The first-order valence-corrected chi connectivity index (χ1v) is 6.12. The Morgan fingerprint density at radius 2 is 2.21 bits per heavy atom. The smallest absolute Gasteiger partial charge is 0.227 e. The molecule has 1 heterocycles. The van der Waals surface area contributed by atoms with Crippen LogP contribution in [0.25, 0.3) is 0 Å². The highest BCUT2D eigenvalue weighted by Crippen LogP contribution is 2.28. The number of anilines is 2. The number of methoxy groups -OCH3 is 1. The number of benzene rings is 1. The lowest BCUT2D eigenvalue weighted by atomic mass is 10.3. The molecule has 0 amide bonds. The maximum atomic E-state index is 6.03. The second-order valence-corrected chi connectivity index (χ2v) is 4.45. The van der Waals surface area contributed by atoms with Gasteiger partial charge in [-0.3, -0.25) is 0 Å². The molecule has 5 nitrogen and oxygen atoms in total. The average molecular weight is 295 g/mol. The second-order valence-electron chi connectivity index (χ2n) is 3.60. The van der Waals surface area contributed by atoms with Crippen molar-refractivity contribution >= 4 is 40.4 Å². The van der Waals surface area contributed by atoms with Gasteiger partial charge in [-0.05, 0) is 24.3 Å². The molecule has 0 atom stereocenters. The van der Waals surface area contributed by atoms with Crippen molar-refractivity contribution in [1.82, 2.24) is 9.97 Å². The number of nitrogens with zero attached hydrogens (tertiary/aromatic N) is 2. The Labute approximate surface area is 120 Å². The summed E-state index contributed by atoms with van der Waals surface area (Å²) in [5, 5.41) is 3.51. The highest BCUT2D eigenvalue weighted by molar-refractivity contribution is 7.80. The fraction of sp³-hybridized carbons (Fsp3) is 0.0833. The van der Waals surface area contributed by atoms with Crippen molar-refractivity contribution in [1.29, 1.82) is 0 Å². The molecule has 7 heteroatoms. The Morgan fingerprint density at radius 1 is 1.42 bits per heavy atom. The van der Waals surface area contributed by atoms with Crippen molar-refractivity contribution in [3.63, 3.8) is 0 Å². The van der Waals surface area contributed by atoms with Crippen LogP contribution in [0.1, 0.15) is 5.69 Å². The van der Waals surface area contributed by atoms with Gasteiger partial charge in [-0.25, -0.2) is 9.97 Å². The molecule has 0 aliphatic rings. The van der Waals surface area contributed by atoms with Crippen LogP contribution in [-0.4, -0.2) is 22.1 Å². The van der Waals surface area contributed by atoms with E-state index >= 15 is 0 Å². The maximum absolute atomic E-state index is 6.03. The van der Waals surface area contributed by atoms with E-state index in [-0.39, 0.29) is 4.99 Å². The summed E-state index contributed by atoms with van der Waals surface area (Å²) in [6, 6.07) is 6.93. The van der Waals surface area contributed by atoms with Crippen LogP contribution in [0.2, 0.25) is 5.02 Å². The number of halogens is 1. The molecular formula is C12H11ClN4OS. The summed E-state index contributed by atoms with van der Waals surface area (Å²) in [7, 11) is 1.56. The largest absolute Gasteiger partial charge is 0.495 e. The number of rotatable bonds is 4. The van der Waals surface area contributed by atoms with E-state index in [0.29, 0.717) is 22.4 Å². The van der Waals surface area contributed by atoms with Gasteiger partial charge in [0.05, 0.1) is 12.1 Å². The van der Waals surface area contributed by atoms with E-state index in [4.69, 9.17) is 34.3 Å². The van der Waals surface area contributed by atoms with Crippen molar-refractivity contribution in [2.45, 2.75) is 0 Å². The molecule has 2 rings (SSSR count). The normalized spacial score (nSPS) is 10.0.